The third kappa shape index (κ3) is 11.8. The predicted molar refractivity (Wildman–Crippen MR) is 150 cm³/mol. The second-order valence-electron chi connectivity index (χ2n) is 9.22. The lowest BCUT2D eigenvalue weighted by Crippen LogP contribution is -2.39. The van der Waals surface area contributed by atoms with E-state index in [0.29, 0.717) is 18.3 Å². The van der Waals surface area contributed by atoms with Crippen LogP contribution in [0.1, 0.15) is 81.6 Å². The SMILES string of the molecule is CCCCCCCCCCn1c(C(=O)NC(C=O)CCN=O)cc2ccccc21.CNC(CC=O)C(N)=O. The second-order valence-corrected chi connectivity index (χ2v) is 9.22. The largest absolute Gasteiger partial charge is 0.368 e. The number of primary amides is 1. The lowest BCUT2D eigenvalue weighted by atomic mass is 10.1. The van der Waals surface area contributed by atoms with E-state index in [1.165, 1.54) is 38.5 Å². The lowest BCUT2D eigenvalue weighted by Gasteiger charge is -2.14. The molecule has 10 nitrogen and oxygen atoms in total. The number of para-hydroxylation sites is 1. The number of aldehydes is 2. The molecule has 2 amide bonds. The highest BCUT2D eigenvalue weighted by atomic mass is 16.3. The van der Waals surface area contributed by atoms with Gasteiger partial charge in [-0.2, -0.15) is 4.91 Å². The van der Waals surface area contributed by atoms with Gasteiger partial charge in [-0.05, 0) is 32.0 Å². The van der Waals surface area contributed by atoms with Gasteiger partial charge in [-0.15, -0.1) is 0 Å². The molecule has 0 bridgehead atoms. The predicted octanol–water partition coefficient (Wildman–Crippen LogP) is 3.88. The third-order valence-corrected chi connectivity index (χ3v) is 6.31. The summed E-state index contributed by atoms with van der Waals surface area (Å²) in [5.74, 6) is -0.784. The Bertz CT molecular complexity index is 1010. The van der Waals surface area contributed by atoms with Crippen LogP contribution in [-0.4, -0.2) is 54.6 Å². The van der Waals surface area contributed by atoms with Crippen LogP contribution in [0.4, 0.5) is 0 Å². The smallest absolute Gasteiger partial charge is 0.268 e. The fraction of sp³-hybridized carbons (Fsp3) is 0.571. The molecule has 2 aromatic rings. The van der Waals surface area contributed by atoms with E-state index < -0.39 is 18.0 Å². The summed E-state index contributed by atoms with van der Waals surface area (Å²) in [5, 5.41) is 9.10. The highest BCUT2D eigenvalue weighted by molar-refractivity contribution is 5.99. The van der Waals surface area contributed by atoms with Gasteiger partial charge in [0.2, 0.25) is 5.91 Å². The number of likely N-dealkylation sites (N-methyl/N-ethyl adjacent to an activating group) is 1. The van der Waals surface area contributed by atoms with Gasteiger partial charge >= 0.3 is 0 Å². The molecule has 2 unspecified atom stereocenters. The Morgan fingerprint density at radius 1 is 1.05 bits per heavy atom. The van der Waals surface area contributed by atoms with Crippen molar-refractivity contribution in [3.8, 4) is 0 Å². The second kappa shape index (κ2) is 19.7. The molecule has 2 atom stereocenters. The Balaban J connectivity index is 0.000000686. The summed E-state index contributed by atoms with van der Waals surface area (Å²) in [7, 11) is 1.58. The zero-order valence-electron chi connectivity index (χ0n) is 22.7. The van der Waals surface area contributed by atoms with Crippen molar-refractivity contribution in [1.82, 2.24) is 15.2 Å². The number of hydrogen-bond acceptors (Lipinski definition) is 7. The molecule has 210 valence electrons. The number of unbranched alkanes of at least 4 members (excludes halogenated alkanes) is 7. The van der Waals surface area contributed by atoms with Crippen LogP contribution in [0, 0.1) is 4.91 Å². The normalized spacial score (nSPS) is 12.2. The van der Waals surface area contributed by atoms with Crippen molar-refractivity contribution in [2.45, 2.75) is 89.8 Å². The van der Waals surface area contributed by atoms with Crippen LogP contribution in [0.5, 0.6) is 0 Å². The van der Waals surface area contributed by atoms with Crippen molar-refractivity contribution in [1.29, 1.82) is 0 Å². The number of aryl methyl sites for hydroxylation is 1. The highest BCUT2D eigenvalue weighted by Crippen LogP contribution is 2.21. The number of rotatable bonds is 19. The van der Waals surface area contributed by atoms with Gasteiger partial charge in [0.1, 0.15) is 18.3 Å². The minimum Gasteiger partial charge on any atom is -0.368 e. The van der Waals surface area contributed by atoms with Crippen LogP contribution in [0.2, 0.25) is 0 Å². The van der Waals surface area contributed by atoms with E-state index in [1.54, 1.807) is 7.05 Å². The zero-order chi connectivity index (χ0) is 28.2. The number of hydrogen-bond donors (Lipinski definition) is 3. The Morgan fingerprint density at radius 2 is 1.71 bits per heavy atom. The molecule has 0 spiro atoms. The third-order valence-electron chi connectivity index (χ3n) is 6.31. The maximum atomic E-state index is 12.8. The number of nitrogens with two attached hydrogens (primary N) is 1. The van der Waals surface area contributed by atoms with Gasteiger partial charge in [0, 0.05) is 23.9 Å². The number of nitrogens with zero attached hydrogens (tertiary/aromatic N) is 2. The van der Waals surface area contributed by atoms with E-state index in [9.17, 15) is 24.1 Å². The van der Waals surface area contributed by atoms with Gasteiger partial charge in [0.25, 0.3) is 5.91 Å². The van der Waals surface area contributed by atoms with Crippen molar-refractivity contribution in [3.63, 3.8) is 0 Å². The summed E-state index contributed by atoms with van der Waals surface area (Å²) in [6, 6.07) is 8.59. The van der Waals surface area contributed by atoms with Crippen LogP contribution < -0.4 is 16.4 Å². The molecule has 1 aromatic heterocycles. The van der Waals surface area contributed by atoms with Crippen LogP contribution in [0.25, 0.3) is 10.9 Å². The van der Waals surface area contributed by atoms with E-state index in [1.807, 2.05) is 34.9 Å². The Hall–Kier alpha value is -3.40. The fourth-order valence-electron chi connectivity index (χ4n) is 4.12. The molecule has 4 N–H and O–H groups in total. The quantitative estimate of drug-likeness (QED) is 0.143. The first kappa shape index (κ1) is 32.6. The Morgan fingerprint density at radius 3 is 2.26 bits per heavy atom. The molecule has 0 aliphatic heterocycles. The summed E-state index contributed by atoms with van der Waals surface area (Å²) in [4.78, 5) is 54.5. The number of carbonyl (C=O) groups excluding carboxylic acids is 4. The molecule has 1 aromatic carbocycles. The number of nitroso groups, excluding NO2 is 1. The first-order valence-electron chi connectivity index (χ1n) is 13.5. The number of benzene rings is 1. The molecule has 0 aliphatic carbocycles. The van der Waals surface area contributed by atoms with Gasteiger partial charge < -0.3 is 30.5 Å². The lowest BCUT2D eigenvalue weighted by molar-refractivity contribution is -0.121. The van der Waals surface area contributed by atoms with E-state index >= 15 is 0 Å². The molecule has 0 radical (unpaired) electrons. The van der Waals surface area contributed by atoms with Crippen LogP contribution in [-0.2, 0) is 20.9 Å². The molecule has 10 heteroatoms. The van der Waals surface area contributed by atoms with Gasteiger partial charge in [-0.3, -0.25) is 9.59 Å². The van der Waals surface area contributed by atoms with Crippen LogP contribution in [0.3, 0.4) is 0 Å². The van der Waals surface area contributed by atoms with Gasteiger partial charge in [-0.25, -0.2) is 0 Å². The van der Waals surface area contributed by atoms with Crippen molar-refractivity contribution < 1.29 is 19.2 Å². The van der Waals surface area contributed by atoms with E-state index in [4.69, 9.17) is 5.73 Å². The maximum absolute atomic E-state index is 12.8. The average Bonchev–Trinajstić information content (AvgIpc) is 3.30. The standard InChI is InChI=1S/C23H33N3O3.C5H10N2O2/c1-2-3-4-5-6-7-8-11-16-26-21-13-10-9-12-19(21)17-22(26)23(28)25-20(18-27)14-15-24-29;1-7-4(2-3-8)5(6)9/h9-10,12-13,17-18,20H,2-8,11,14-16H2,1H3,(H,25,28);3-4,7H,2H2,1H3,(H2,6,9). The Labute approximate surface area is 225 Å². The fourth-order valence-corrected chi connectivity index (χ4v) is 4.12. The molecule has 38 heavy (non-hydrogen) atoms. The highest BCUT2D eigenvalue weighted by Gasteiger charge is 2.18. The number of amides is 2. The first-order chi connectivity index (χ1) is 18.4. The topological polar surface area (TPSA) is 153 Å². The van der Waals surface area contributed by atoms with E-state index in [2.05, 4.69) is 22.7 Å². The molecular formula is C28H43N5O5. The summed E-state index contributed by atoms with van der Waals surface area (Å²) in [6.07, 6.45) is 11.5. The maximum Gasteiger partial charge on any atom is 0.268 e. The molecule has 0 saturated carbocycles. The van der Waals surface area contributed by atoms with Crippen molar-refractivity contribution in [2.24, 2.45) is 10.9 Å². The molecular weight excluding hydrogens is 486 g/mol. The summed E-state index contributed by atoms with van der Waals surface area (Å²) in [5.41, 5.74) is 6.45. The first-order valence-corrected chi connectivity index (χ1v) is 13.5. The summed E-state index contributed by atoms with van der Waals surface area (Å²) >= 11 is 0. The molecule has 2 rings (SSSR count). The number of aromatic nitrogens is 1. The van der Waals surface area contributed by atoms with Gasteiger partial charge in [0.05, 0.1) is 18.6 Å². The van der Waals surface area contributed by atoms with Gasteiger partial charge in [-0.1, -0.05) is 75.2 Å². The van der Waals surface area contributed by atoms with Crippen molar-refractivity contribution in [3.05, 3.63) is 40.9 Å². The summed E-state index contributed by atoms with van der Waals surface area (Å²) < 4.78 is 2.04. The molecule has 1 heterocycles. The van der Waals surface area contributed by atoms with Crippen LogP contribution >= 0.6 is 0 Å². The Kier molecular flexibility index (Phi) is 16.9. The van der Waals surface area contributed by atoms with Crippen molar-refractivity contribution >= 4 is 35.3 Å². The molecule has 0 saturated heterocycles. The average molecular weight is 530 g/mol. The van der Waals surface area contributed by atoms with Crippen molar-refractivity contribution in [2.75, 3.05) is 13.6 Å². The van der Waals surface area contributed by atoms with Crippen LogP contribution in [0.15, 0.2) is 35.5 Å². The zero-order valence-corrected chi connectivity index (χ0v) is 22.7. The number of carbonyl (C=O) groups is 4. The molecule has 0 fully saturated rings. The molecule has 0 aliphatic rings. The van der Waals surface area contributed by atoms with E-state index in [-0.39, 0.29) is 25.3 Å². The van der Waals surface area contributed by atoms with Gasteiger partial charge in [0.15, 0.2) is 0 Å². The number of fused-ring (bicyclic) bond motifs is 1. The monoisotopic (exact) mass is 529 g/mol. The summed E-state index contributed by atoms with van der Waals surface area (Å²) in [6.45, 7) is 3.00. The number of nitrogens with one attached hydrogen (secondary N) is 2. The minimum absolute atomic E-state index is 0.00489. The van der Waals surface area contributed by atoms with E-state index in [0.717, 1.165) is 30.3 Å². The minimum atomic E-state index is -0.699.